The van der Waals surface area contributed by atoms with Gasteiger partial charge in [0, 0.05) is 61.1 Å². The molecule has 0 N–H and O–H groups in total. The van der Waals surface area contributed by atoms with Crippen LogP contribution in [0.1, 0.15) is 73.4 Å². The van der Waals surface area contributed by atoms with E-state index in [0.29, 0.717) is 11.5 Å². The molecule has 5 nitrogen and oxygen atoms in total. The summed E-state index contributed by atoms with van der Waals surface area (Å²) in [5, 5.41) is 2.23. The van der Waals surface area contributed by atoms with Crippen molar-refractivity contribution in [3.8, 4) is 39.6 Å². The SMILES string of the molecule is CC(C)(C)C1=CN(c2[c-]c(Oc3[c-]c4c(cc3)c3ccccc3n4-c3cc(C(C)(C)C)ccn3)cc(-c3ccccc3)c2)[CH-]N1c1cc(-c2ccccc2)cc(C(C)(C)C)c1.[Pt]. The molecule has 6 aromatic carbocycles. The molecule has 0 unspecified atom stereocenters. The molecule has 0 fully saturated rings. The van der Waals surface area contributed by atoms with Crippen molar-refractivity contribution in [3.63, 3.8) is 0 Å². The fraction of sp³-hybridized carbons (Fsp3) is 0.214. The number of pyridine rings is 1. The molecule has 2 aromatic heterocycles. The van der Waals surface area contributed by atoms with Crippen LogP contribution in [0.25, 0.3) is 49.9 Å². The molecule has 316 valence electrons. The quantitative estimate of drug-likeness (QED) is 0.149. The Morgan fingerprint density at radius 2 is 1.19 bits per heavy atom. The summed E-state index contributed by atoms with van der Waals surface area (Å²) in [6.07, 6.45) is 4.15. The van der Waals surface area contributed by atoms with Crippen molar-refractivity contribution >= 4 is 33.2 Å². The van der Waals surface area contributed by atoms with Crippen molar-refractivity contribution < 1.29 is 25.8 Å². The van der Waals surface area contributed by atoms with Crippen LogP contribution < -0.4 is 14.5 Å². The summed E-state index contributed by atoms with van der Waals surface area (Å²) in [6.45, 7) is 22.5. The normalized spacial score (nSPS) is 13.4. The maximum absolute atomic E-state index is 6.82. The molecule has 62 heavy (non-hydrogen) atoms. The summed E-state index contributed by atoms with van der Waals surface area (Å²) in [6, 6.07) is 56.6. The van der Waals surface area contributed by atoms with E-state index in [9.17, 15) is 0 Å². The number of rotatable bonds is 7. The molecule has 0 atom stereocenters. The van der Waals surface area contributed by atoms with Crippen molar-refractivity contribution in [2.75, 3.05) is 9.80 Å². The number of ether oxygens (including phenoxy) is 1. The first-order chi connectivity index (χ1) is 29.1. The third-order valence-electron chi connectivity index (χ3n) is 11.5. The minimum atomic E-state index is -0.170. The molecule has 1 aliphatic heterocycles. The summed E-state index contributed by atoms with van der Waals surface area (Å²) in [4.78, 5) is 9.40. The smallest absolute Gasteiger partial charge is 0.135 e. The summed E-state index contributed by atoms with van der Waals surface area (Å²) >= 11 is 0. The predicted molar refractivity (Wildman–Crippen MR) is 254 cm³/mol. The molecule has 0 saturated heterocycles. The van der Waals surface area contributed by atoms with Gasteiger partial charge < -0.3 is 19.1 Å². The number of allylic oxidation sites excluding steroid dienone is 1. The minimum Gasteiger partial charge on any atom is -0.509 e. The van der Waals surface area contributed by atoms with E-state index in [1.807, 2.05) is 18.3 Å². The van der Waals surface area contributed by atoms with E-state index in [4.69, 9.17) is 9.72 Å². The Hall–Kier alpha value is -5.90. The minimum absolute atomic E-state index is 0. The van der Waals surface area contributed by atoms with Gasteiger partial charge in [0.25, 0.3) is 0 Å². The summed E-state index contributed by atoms with van der Waals surface area (Å²) in [5.41, 5.74) is 11.9. The van der Waals surface area contributed by atoms with Gasteiger partial charge in [-0.25, -0.2) is 4.98 Å². The second-order valence-electron chi connectivity index (χ2n) is 19.2. The summed E-state index contributed by atoms with van der Waals surface area (Å²) in [7, 11) is 0. The maximum atomic E-state index is 6.82. The van der Waals surface area contributed by atoms with E-state index in [2.05, 4.69) is 229 Å². The van der Waals surface area contributed by atoms with Crippen molar-refractivity contribution in [1.82, 2.24) is 9.55 Å². The van der Waals surface area contributed by atoms with Crippen LogP contribution in [0.5, 0.6) is 11.5 Å². The van der Waals surface area contributed by atoms with Crippen molar-refractivity contribution in [3.05, 3.63) is 188 Å². The fourth-order valence-electron chi connectivity index (χ4n) is 8.10. The largest absolute Gasteiger partial charge is 0.509 e. The zero-order valence-corrected chi connectivity index (χ0v) is 39.3. The van der Waals surface area contributed by atoms with Crippen molar-refractivity contribution in [2.24, 2.45) is 5.41 Å². The molecule has 3 heterocycles. The Morgan fingerprint density at radius 1 is 0.548 bits per heavy atom. The average Bonchev–Trinajstić information content (AvgIpc) is 3.85. The molecule has 6 heteroatoms. The number of hydrogen-bond donors (Lipinski definition) is 0. The Kier molecular flexibility index (Phi) is 11.3. The van der Waals surface area contributed by atoms with Crippen LogP contribution in [0.2, 0.25) is 0 Å². The summed E-state index contributed by atoms with van der Waals surface area (Å²) < 4.78 is 9.02. The van der Waals surface area contributed by atoms with Crippen molar-refractivity contribution in [2.45, 2.75) is 73.1 Å². The Bertz CT molecular complexity index is 2930. The van der Waals surface area contributed by atoms with E-state index in [1.54, 1.807) is 0 Å². The second-order valence-corrected chi connectivity index (χ2v) is 19.2. The molecule has 9 rings (SSSR count). The van der Waals surface area contributed by atoms with Crippen LogP contribution in [0, 0.1) is 24.2 Å². The van der Waals surface area contributed by atoms with Crippen LogP contribution in [0.15, 0.2) is 158 Å². The maximum Gasteiger partial charge on any atom is 0.135 e. The topological polar surface area (TPSA) is 33.5 Å². The number of hydrogen-bond acceptors (Lipinski definition) is 4. The van der Waals surface area contributed by atoms with E-state index >= 15 is 0 Å². The van der Waals surface area contributed by atoms with Gasteiger partial charge in [0.05, 0.1) is 0 Å². The second kappa shape index (κ2) is 16.4. The van der Waals surface area contributed by atoms with Gasteiger partial charge in [-0.05, 0) is 80.6 Å². The summed E-state index contributed by atoms with van der Waals surface area (Å²) in [5.74, 6) is 2.05. The molecule has 0 spiro atoms. The Morgan fingerprint density at radius 3 is 1.85 bits per heavy atom. The van der Waals surface area contributed by atoms with Crippen LogP contribution in [0.3, 0.4) is 0 Å². The van der Waals surface area contributed by atoms with E-state index < -0.39 is 0 Å². The zero-order valence-electron chi connectivity index (χ0n) is 37.0. The molecule has 0 radical (unpaired) electrons. The number of fused-ring (bicyclic) bond motifs is 3. The van der Waals surface area contributed by atoms with Crippen LogP contribution in [0.4, 0.5) is 11.4 Å². The van der Waals surface area contributed by atoms with Gasteiger partial charge in [-0.2, -0.15) is 6.07 Å². The molecular weight excluding hydrogens is 940 g/mol. The molecule has 1 aliphatic rings. The van der Waals surface area contributed by atoms with Gasteiger partial charge in [-0.15, -0.1) is 53.6 Å². The number of benzene rings is 6. The van der Waals surface area contributed by atoms with Gasteiger partial charge in [0.1, 0.15) is 5.82 Å². The van der Waals surface area contributed by atoms with Crippen LogP contribution in [-0.2, 0) is 31.9 Å². The van der Waals surface area contributed by atoms with Crippen LogP contribution >= 0.6 is 0 Å². The van der Waals surface area contributed by atoms with E-state index in [1.165, 1.54) is 28.0 Å². The number of nitrogens with zero attached hydrogens (tertiary/aromatic N) is 4. The van der Waals surface area contributed by atoms with Gasteiger partial charge in [-0.1, -0.05) is 153 Å². The number of para-hydroxylation sites is 1. The number of aromatic nitrogens is 2. The molecular formula is C56H53N4OPt-3. The first kappa shape index (κ1) is 42.8. The zero-order chi connectivity index (χ0) is 42.7. The van der Waals surface area contributed by atoms with E-state index in [0.717, 1.165) is 50.1 Å². The van der Waals surface area contributed by atoms with Crippen LogP contribution in [-0.4, -0.2) is 9.55 Å². The first-order valence-electron chi connectivity index (χ1n) is 21.2. The first-order valence-corrected chi connectivity index (χ1v) is 21.2. The average molecular weight is 993 g/mol. The molecule has 0 aliphatic carbocycles. The number of anilines is 2. The molecule has 0 saturated carbocycles. The molecule has 0 bridgehead atoms. The third kappa shape index (κ3) is 8.48. The van der Waals surface area contributed by atoms with E-state index in [-0.39, 0.29) is 37.3 Å². The standard InChI is InChI=1S/C56H53N4O.Pt/c1-54(2,3)42-26-27-57-53(33-42)60-50-23-17-16-22-48(50)49-25-24-46(35-51(49)60)61-47-31-41(39-20-14-11-15-21-39)29-44(34-47)58-36-52(56(7,8)9)59(37-58)45-30-40(38-18-12-10-13-19-38)28-43(32-45)55(4,5)6;/h10-33,36-37H,1-9H3;/q-3;. The van der Waals surface area contributed by atoms with Gasteiger partial charge >= 0.3 is 0 Å². The predicted octanol–water partition coefficient (Wildman–Crippen LogP) is 14.8. The fourth-order valence-corrected chi connectivity index (χ4v) is 8.10. The van der Waals surface area contributed by atoms with Gasteiger partial charge in [0.15, 0.2) is 0 Å². The monoisotopic (exact) mass is 992 g/mol. The van der Waals surface area contributed by atoms with Gasteiger partial charge in [0.2, 0.25) is 0 Å². The molecule has 0 amide bonds. The Balaban J connectivity index is 0.00000529. The van der Waals surface area contributed by atoms with Gasteiger partial charge in [-0.3, -0.25) is 0 Å². The molecule has 8 aromatic rings. The third-order valence-corrected chi connectivity index (χ3v) is 11.5. The van der Waals surface area contributed by atoms with Crippen molar-refractivity contribution in [1.29, 1.82) is 0 Å². The Labute approximate surface area is 382 Å².